The summed E-state index contributed by atoms with van der Waals surface area (Å²) in [7, 11) is 1.79. The molecule has 11 aromatic rings. The van der Waals surface area contributed by atoms with Gasteiger partial charge in [0.1, 0.15) is 0 Å². The standard InChI is InChI=1S/C56H53NO2/c1-3-4-5-6-7-8-9-10-11-12-13-14-15-16-23-59-41-22-17-32(24-42(41)58-2)31-57-55-36-21-20-35-27-38-29-37-25-33-18-19-34-26-39-30-40(28-36)49-47(39)51-44(34)43(33)50-45(37)46(38)52(48(35)55)54(53(50)51)56(49)57/h17-22,24-28H,3-16,23,29-31H2,1-2H3. The summed E-state index contributed by atoms with van der Waals surface area (Å²) < 4.78 is 15.2. The summed E-state index contributed by atoms with van der Waals surface area (Å²) in [6.45, 7) is 3.81. The van der Waals surface area contributed by atoms with Crippen molar-refractivity contribution in [2.45, 2.75) is 116 Å². The van der Waals surface area contributed by atoms with E-state index >= 15 is 0 Å². The normalized spacial score (nSPS) is 13.9. The smallest absolute Gasteiger partial charge is 0.161 e. The van der Waals surface area contributed by atoms with Crippen molar-refractivity contribution >= 4 is 97.2 Å². The van der Waals surface area contributed by atoms with Crippen molar-refractivity contribution in [3.8, 4) is 11.5 Å². The lowest BCUT2D eigenvalue weighted by Crippen LogP contribution is -2.07. The summed E-state index contributed by atoms with van der Waals surface area (Å²) in [6.07, 6.45) is 21.1. The molecule has 9 aromatic carbocycles. The molecular formula is C56H53NO2. The number of hydrogen-bond acceptors (Lipinski definition) is 2. The fraction of sp³-hybridized carbons (Fsp3) is 0.357. The highest BCUT2D eigenvalue weighted by Crippen LogP contribution is 2.60. The zero-order valence-corrected chi connectivity index (χ0v) is 34.8. The molecule has 3 heteroatoms. The number of aromatic nitrogens is 1. The molecule has 2 bridgehead atoms. The minimum absolute atomic E-state index is 0.738. The molecule has 0 N–H and O–H groups in total. The molecule has 0 spiro atoms. The van der Waals surface area contributed by atoms with Gasteiger partial charge >= 0.3 is 0 Å². The fourth-order valence-electron chi connectivity index (χ4n) is 12.7. The van der Waals surface area contributed by atoms with Gasteiger partial charge in [-0.25, -0.2) is 0 Å². The van der Waals surface area contributed by atoms with Gasteiger partial charge in [0.15, 0.2) is 11.5 Å². The van der Waals surface area contributed by atoms with Crippen LogP contribution < -0.4 is 9.47 Å². The minimum atomic E-state index is 0.738. The topological polar surface area (TPSA) is 23.4 Å². The lowest BCUT2D eigenvalue weighted by Gasteiger charge is -2.24. The number of nitrogens with zero attached hydrogens (tertiary/aromatic N) is 1. The third-order valence-corrected chi connectivity index (χ3v) is 15.2. The maximum absolute atomic E-state index is 6.41. The zero-order chi connectivity index (χ0) is 38.9. The van der Waals surface area contributed by atoms with Crippen LogP contribution in [0, 0.1) is 0 Å². The van der Waals surface area contributed by atoms with Crippen LogP contribution in [0.3, 0.4) is 0 Å². The maximum atomic E-state index is 6.41. The van der Waals surface area contributed by atoms with Crippen LogP contribution in [0.1, 0.15) is 125 Å². The number of unbranched alkanes of at least 4 members (excludes halogenated alkanes) is 13. The van der Waals surface area contributed by atoms with E-state index < -0.39 is 0 Å². The molecule has 2 aliphatic rings. The van der Waals surface area contributed by atoms with E-state index in [9.17, 15) is 0 Å². The minimum Gasteiger partial charge on any atom is -0.493 e. The zero-order valence-electron chi connectivity index (χ0n) is 34.8. The molecule has 0 radical (unpaired) electrons. The molecular weight excluding hydrogens is 719 g/mol. The molecule has 3 nitrogen and oxygen atoms in total. The Kier molecular flexibility index (Phi) is 7.68. The van der Waals surface area contributed by atoms with Crippen LogP contribution in [-0.2, 0) is 19.4 Å². The van der Waals surface area contributed by atoms with Crippen LogP contribution in [0.15, 0.2) is 66.7 Å². The van der Waals surface area contributed by atoms with E-state index in [1.54, 1.807) is 7.11 Å². The van der Waals surface area contributed by atoms with Crippen LogP contribution >= 0.6 is 0 Å². The van der Waals surface area contributed by atoms with Gasteiger partial charge in [-0.3, -0.25) is 0 Å². The summed E-state index contributed by atoms with van der Waals surface area (Å²) in [5.74, 6) is 1.69. The number of hydrogen-bond donors (Lipinski definition) is 0. The predicted molar refractivity (Wildman–Crippen MR) is 251 cm³/mol. The van der Waals surface area contributed by atoms with Gasteiger partial charge in [0.05, 0.1) is 24.8 Å². The van der Waals surface area contributed by atoms with Crippen molar-refractivity contribution in [3.05, 3.63) is 94.5 Å². The van der Waals surface area contributed by atoms with Crippen LogP contribution in [-0.4, -0.2) is 18.3 Å². The van der Waals surface area contributed by atoms with Gasteiger partial charge in [-0.1, -0.05) is 139 Å². The van der Waals surface area contributed by atoms with Gasteiger partial charge in [0, 0.05) is 33.5 Å². The van der Waals surface area contributed by atoms with Crippen molar-refractivity contribution in [3.63, 3.8) is 0 Å². The molecule has 2 aliphatic carbocycles. The van der Waals surface area contributed by atoms with Crippen LogP contribution in [0.4, 0.5) is 0 Å². The monoisotopic (exact) mass is 771 g/mol. The first kappa shape index (κ1) is 34.6. The SMILES string of the molecule is CCCCCCCCCCCCCCCCOc1ccc(Cn2c3c4ccc5cc6c7c8c(cc9ccc%10cc%11c%12c(c(c4)C%11)c2c(c7c53)c2c8c9c%10c%122)C6)cc1OC. The highest BCUT2D eigenvalue weighted by atomic mass is 16.5. The Balaban J connectivity index is 0.830. The van der Waals surface area contributed by atoms with Gasteiger partial charge in [0.2, 0.25) is 0 Å². The Labute approximate surface area is 345 Å². The summed E-state index contributed by atoms with van der Waals surface area (Å²) in [6, 6.07) is 26.5. The number of pyridine rings is 1. The average Bonchev–Trinajstić information content (AvgIpc) is 3.90. The first-order chi connectivity index (χ1) is 29.2. The van der Waals surface area contributed by atoms with E-state index in [0.29, 0.717) is 0 Å². The van der Waals surface area contributed by atoms with E-state index in [-0.39, 0.29) is 0 Å². The Morgan fingerprint density at radius 1 is 0.424 bits per heavy atom. The van der Waals surface area contributed by atoms with Crippen molar-refractivity contribution in [1.29, 1.82) is 0 Å². The van der Waals surface area contributed by atoms with Gasteiger partial charge in [-0.05, 0) is 125 Å². The summed E-state index contributed by atoms with van der Waals surface area (Å²) >= 11 is 0. The van der Waals surface area contributed by atoms with Gasteiger partial charge in [-0.15, -0.1) is 0 Å². The molecule has 0 amide bonds. The predicted octanol–water partition coefficient (Wildman–Crippen LogP) is 15.8. The molecule has 2 aromatic heterocycles. The fourth-order valence-corrected chi connectivity index (χ4v) is 12.7. The molecule has 294 valence electrons. The molecule has 0 saturated carbocycles. The second-order valence-corrected chi connectivity index (χ2v) is 18.7. The summed E-state index contributed by atoms with van der Waals surface area (Å²) in [4.78, 5) is 0. The highest BCUT2D eigenvalue weighted by molar-refractivity contribution is 6.55. The Hall–Kier alpha value is -5.28. The van der Waals surface area contributed by atoms with Gasteiger partial charge in [0.25, 0.3) is 0 Å². The van der Waals surface area contributed by atoms with E-state index in [0.717, 1.165) is 43.9 Å². The second kappa shape index (κ2) is 13.1. The molecule has 2 heterocycles. The molecule has 0 atom stereocenters. The first-order valence-electron chi connectivity index (χ1n) is 23.2. The van der Waals surface area contributed by atoms with Gasteiger partial charge < -0.3 is 14.0 Å². The Bertz CT molecular complexity index is 3360. The van der Waals surface area contributed by atoms with Crippen LogP contribution in [0.25, 0.3) is 97.2 Å². The van der Waals surface area contributed by atoms with Crippen molar-refractivity contribution in [2.24, 2.45) is 0 Å². The number of methoxy groups -OCH3 is 1. The lowest BCUT2D eigenvalue weighted by atomic mass is 9.87. The Morgan fingerprint density at radius 2 is 0.915 bits per heavy atom. The molecule has 0 aliphatic heterocycles. The number of benzene rings is 8. The lowest BCUT2D eigenvalue weighted by molar-refractivity contribution is 0.284. The molecule has 13 rings (SSSR count). The third kappa shape index (κ3) is 4.76. The van der Waals surface area contributed by atoms with E-state index in [4.69, 9.17) is 9.47 Å². The summed E-state index contributed by atoms with van der Waals surface area (Å²) in [5.41, 5.74) is 10.0. The summed E-state index contributed by atoms with van der Waals surface area (Å²) in [5, 5.41) is 23.6. The number of ether oxygens (including phenoxy) is 2. The van der Waals surface area contributed by atoms with E-state index in [1.807, 2.05) is 0 Å². The van der Waals surface area contributed by atoms with Crippen molar-refractivity contribution in [2.75, 3.05) is 13.7 Å². The first-order valence-corrected chi connectivity index (χ1v) is 23.2. The van der Waals surface area contributed by atoms with Crippen molar-refractivity contribution < 1.29 is 9.47 Å². The third-order valence-electron chi connectivity index (χ3n) is 15.2. The van der Waals surface area contributed by atoms with E-state index in [2.05, 4.69) is 78.2 Å². The molecule has 0 unspecified atom stereocenters. The average molecular weight is 772 g/mol. The molecule has 59 heavy (non-hydrogen) atoms. The quantitative estimate of drug-likeness (QED) is 0.0464. The van der Waals surface area contributed by atoms with Crippen LogP contribution in [0.5, 0.6) is 11.5 Å². The van der Waals surface area contributed by atoms with E-state index in [1.165, 1.54) is 209 Å². The number of rotatable bonds is 19. The van der Waals surface area contributed by atoms with Crippen LogP contribution in [0.2, 0.25) is 0 Å². The van der Waals surface area contributed by atoms with Crippen molar-refractivity contribution in [1.82, 2.24) is 4.57 Å². The second-order valence-electron chi connectivity index (χ2n) is 18.7. The molecule has 0 saturated heterocycles. The molecule has 0 fully saturated rings. The Morgan fingerprint density at radius 3 is 1.53 bits per heavy atom. The highest BCUT2D eigenvalue weighted by Gasteiger charge is 2.35. The largest absolute Gasteiger partial charge is 0.493 e. The maximum Gasteiger partial charge on any atom is 0.161 e. The van der Waals surface area contributed by atoms with Gasteiger partial charge in [-0.2, -0.15) is 0 Å².